The van der Waals surface area contributed by atoms with Crippen molar-refractivity contribution in [2.45, 2.75) is 33.2 Å². The fourth-order valence-electron chi connectivity index (χ4n) is 4.10. The first-order chi connectivity index (χ1) is 14.0. The van der Waals surface area contributed by atoms with Crippen LogP contribution in [-0.4, -0.2) is 23.5 Å². The van der Waals surface area contributed by atoms with E-state index in [9.17, 15) is 4.79 Å². The van der Waals surface area contributed by atoms with Gasteiger partial charge in [0.15, 0.2) is 0 Å². The third-order valence-electron chi connectivity index (χ3n) is 5.53. The van der Waals surface area contributed by atoms with Crippen molar-refractivity contribution in [2.75, 3.05) is 11.9 Å². The molecule has 3 heterocycles. The van der Waals surface area contributed by atoms with E-state index < -0.39 is 0 Å². The van der Waals surface area contributed by atoms with Gasteiger partial charge in [-0.05, 0) is 62.2 Å². The molecule has 0 saturated carbocycles. The second kappa shape index (κ2) is 6.85. The molecule has 1 aliphatic rings. The lowest BCUT2D eigenvalue weighted by molar-refractivity contribution is 0.0949. The molecule has 1 aliphatic heterocycles. The number of pyridine rings is 1. The number of carbonyl (C=O) groups excluding carboxylic acids is 1. The number of aromatic nitrogens is 1. The van der Waals surface area contributed by atoms with Crippen LogP contribution in [-0.2, 0) is 6.42 Å². The van der Waals surface area contributed by atoms with Crippen LogP contribution in [0.2, 0.25) is 0 Å². The second-order valence-corrected chi connectivity index (χ2v) is 8.88. The first-order valence-electron chi connectivity index (χ1n) is 10.1. The molecule has 2 N–H and O–H groups in total. The highest BCUT2D eigenvalue weighted by Gasteiger charge is 2.24. The minimum atomic E-state index is 0.00304. The lowest BCUT2D eigenvalue weighted by Crippen LogP contribution is -2.34. The van der Waals surface area contributed by atoms with Gasteiger partial charge in [-0.2, -0.15) is 0 Å². The first-order valence-corrected chi connectivity index (χ1v) is 10.9. The van der Waals surface area contributed by atoms with Gasteiger partial charge < -0.3 is 10.6 Å². The van der Waals surface area contributed by atoms with E-state index >= 15 is 0 Å². The first kappa shape index (κ1) is 18.1. The molecule has 0 bridgehead atoms. The van der Waals surface area contributed by atoms with E-state index in [-0.39, 0.29) is 11.9 Å². The van der Waals surface area contributed by atoms with E-state index in [0.29, 0.717) is 0 Å². The third-order valence-corrected chi connectivity index (χ3v) is 6.69. The summed E-state index contributed by atoms with van der Waals surface area (Å²) in [5, 5.41) is 8.72. The lowest BCUT2D eigenvalue weighted by Gasteiger charge is -2.10. The number of aryl methyl sites for hydroxylation is 2. The van der Waals surface area contributed by atoms with Gasteiger partial charge in [0.05, 0.1) is 16.9 Å². The summed E-state index contributed by atoms with van der Waals surface area (Å²) in [6.07, 6.45) is 1.01. The molecule has 5 rings (SSSR count). The molecular weight excluding hydrogens is 378 g/mol. The molecule has 5 heteroatoms. The van der Waals surface area contributed by atoms with Crippen molar-refractivity contribution in [3.8, 4) is 11.3 Å². The smallest absolute Gasteiger partial charge is 0.263 e. The number of fused-ring (bicyclic) bond motifs is 5. The van der Waals surface area contributed by atoms with E-state index in [1.807, 2.05) is 6.92 Å². The van der Waals surface area contributed by atoms with Crippen LogP contribution in [0.15, 0.2) is 42.5 Å². The zero-order chi connectivity index (χ0) is 20.1. The number of carbonyl (C=O) groups is 1. The van der Waals surface area contributed by atoms with Gasteiger partial charge in [-0.25, -0.2) is 4.98 Å². The average molecular weight is 402 g/mol. The van der Waals surface area contributed by atoms with Crippen molar-refractivity contribution in [3.05, 3.63) is 58.5 Å². The monoisotopic (exact) mass is 401 g/mol. The van der Waals surface area contributed by atoms with Crippen LogP contribution in [0.1, 0.15) is 34.6 Å². The molecule has 2 aromatic heterocycles. The van der Waals surface area contributed by atoms with Gasteiger partial charge in [0, 0.05) is 33.6 Å². The van der Waals surface area contributed by atoms with E-state index in [4.69, 9.17) is 4.98 Å². The molecule has 1 atom stereocenters. The maximum atomic E-state index is 12.6. The Morgan fingerprint density at radius 3 is 2.86 bits per heavy atom. The maximum absolute atomic E-state index is 12.6. The van der Waals surface area contributed by atoms with E-state index in [1.165, 1.54) is 11.1 Å². The molecule has 146 valence electrons. The number of hydrogen-bond acceptors (Lipinski definition) is 4. The van der Waals surface area contributed by atoms with Crippen LogP contribution in [0.4, 0.5) is 5.69 Å². The van der Waals surface area contributed by atoms with E-state index in [2.05, 4.69) is 66.9 Å². The molecule has 1 amide bonds. The standard InChI is InChI=1S/C24H23N3OS/c1-4-15-9-13(2)10-16(11-15)18-6-5-17-19(27-18)7-8-20-21(17)22-23(29-20)24(28)26-14(3)12-25-22/h5-11,14,25H,4,12H2,1-3H3,(H,26,28)/t14-/m1/s1. The Bertz CT molecular complexity index is 1270. The average Bonchev–Trinajstić information content (AvgIpc) is 3.04. The van der Waals surface area contributed by atoms with Crippen LogP contribution in [0, 0.1) is 6.92 Å². The molecule has 0 radical (unpaired) electrons. The van der Waals surface area contributed by atoms with Crippen molar-refractivity contribution in [1.82, 2.24) is 10.3 Å². The van der Waals surface area contributed by atoms with Gasteiger partial charge >= 0.3 is 0 Å². The minimum Gasteiger partial charge on any atom is -0.381 e. The van der Waals surface area contributed by atoms with Gasteiger partial charge in [-0.3, -0.25) is 4.79 Å². The molecule has 29 heavy (non-hydrogen) atoms. The summed E-state index contributed by atoms with van der Waals surface area (Å²) < 4.78 is 1.11. The molecule has 2 aromatic carbocycles. The minimum absolute atomic E-state index is 0.00304. The Balaban J connectivity index is 1.70. The van der Waals surface area contributed by atoms with Crippen molar-refractivity contribution < 1.29 is 4.79 Å². The van der Waals surface area contributed by atoms with Gasteiger partial charge in [0.1, 0.15) is 4.88 Å². The molecule has 0 unspecified atom stereocenters. The third kappa shape index (κ3) is 3.06. The van der Waals surface area contributed by atoms with Crippen LogP contribution in [0.25, 0.3) is 32.2 Å². The van der Waals surface area contributed by atoms with Gasteiger partial charge in [0.2, 0.25) is 0 Å². The Kier molecular flexibility index (Phi) is 4.28. The number of hydrogen-bond donors (Lipinski definition) is 2. The summed E-state index contributed by atoms with van der Waals surface area (Å²) in [4.78, 5) is 18.3. The predicted molar refractivity (Wildman–Crippen MR) is 122 cm³/mol. The highest BCUT2D eigenvalue weighted by molar-refractivity contribution is 7.21. The Morgan fingerprint density at radius 1 is 1.17 bits per heavy atom. The number of amides is 1. The zero-order valence-corrected chi connectivity index (χ0v) is 17.6. The summed E-state index contributed by atoms with van der Waals surface area (Å²) in [6, 6.07) is 15.1. The Labute approximate surface area is 174 Å². The quantitative estimate of drug-likeness (QED) is 0.464. The van der Waals surface area contributed by atoms with Crippen molar-refractivity contribution >= 4 is 43.9 Å². The molecular formula is C24H23N3OS. The number of benzene rings is 2. The predicted octanol–water partition coefficient (Wildman–Crippen LogP) is 5.53. The lowest BCUT2D eigenvalue weighted by atomic mass is 10.0. The van der Waals surface area contributed by atoms with E-state index in [1.54, 1.807) is 11.3 Å². The summed E-state index contributed by atoms with van der Waals surface area (Å²) in [5.41, 5.74) is 6.61. The summed E-state index contributed by atoms with van der Waals surface area (Å²) in [5.74, 6) is 0.00304. The van der Waals surface area contributed by atoms with Gasteiger partial charge in [0.25, 0.3) is 5.91 Å². The van der Waals surface area contributed by atoms with Crippen LogP contribution >= 0.6 is 11.3 Å². The molecule has 0 spiro atoms. The summed E-state index contributed by atoms with van der Waals surface area (Å²) in [6.45, 7) is 7.04. The van der Waals surface area contributed by atoms with Crippen molar-refractivity contribution in [3.63, 3.8) is 0 Å². The maximum Gasteiger partial charge on any atom is 0.263 e. The zero-order valence-electron chi connectivity index (χ0n) is 16.8. The molecule has 0 aliphatic carbocycles. The largest absolute Gasteiger partial charge is 0.381 e. The summed E-state index contributed by atoms with van der Waals surface area (Å²) >= 11 is 1.54. The van der Waals surface area contributed by atoms with Gasteiger partial charge in [-0.15, -0.1) is 11.3 Å². The fraction of sp³-hybridized carbons (Fsp3) is 0.250. The Morgan fingerprint density at radius 2 is 2.03 bits per heavy atom. The highest BCUT2D eigenvalue weighted by Crippen LogP contribution is 2.41. The number of rotatable bonds is 2. The highest BCUT2D eigenvalue weighted by atomic mass is 32.1. The second-order valence-electron chi connectivity index (χ2n) is 7.82. The van der Waals surface area contributed by atoms with Gasteiger partial charge in [-0.1, -0.05) is 18.6 Å². The molecule has 4 aromatic rings. The Hall–Kier alpha value is -2.92. The number of nitrogens with zero attached hydrogens (tertiary/aromatic N) is 1. The van der Waals surface area contributed by atoms with Crippen LogP contribution < -0.4 is 10.6 Å². The number of anilines is 1. The molecule has 0 saturated heterocycles. The normalized spacial score (nSPS) is 16.4. The molecule has 4 nitrogen and oxygen atoms in total. The van der Waals surface area contributed by atoms with Crippen LogP contribution in [0.5, 0.6) is 0 Å². The van der Waals surface area contributed by atoms with Crippen molar-refractivity contribution in [1.29, 1.82) is 0 Å². The SMILES string of the molecule is CCc1cc(C)cc(-c2ccc3c(ccc4sc5c(c43)NC[C@@H](C)NC5=O)n2)c1. The van der Waals surface area contributed by atoms with Crippen molar-refractivity contribution in [2.24, 2.45) is 0 Å². The van der Waals surface area contributed by atoms with Crippen LogP contribution in [0.3, 0.4) is 0 Å². The molecule has 0 fully saturated rings. The fourth-order valence-corrected chi connectivity index (χ4v) is 5.20. The number of nitrogens with one attached hydrogen (secondary N) is 2. The summed E-state index contributed by atoms with van der Waals surface area (Å²) in [7, 11) is 0. The number of thiophene rings is 1. The topological polar surface area (TPSA) is 54.0 Å². The van der Waals surface area contributed by atoms with E-state index in [0.717, 1.165) is 55.8 Å².